The third-order valence-corrected chi connectivity index (χ3v) is 10.9. The molecule has 0 spiro atoms. The Morgan fingerprint density at radius 1 is 0.942 bits per heavy atom. The summed E-state index contributed by atoms with van der Waals surface area (Å²) in [6.45, 7) is 23.2. The van der Waals surface area contributed by atoms with E-state index in [2.05, 4.69) is 102 Å². The van der Waals surface area contributed by atoms with Crippen LogP contribution >= 0.6 is 0 Å². The van der Waals surface area contributed by atoms with Crippen LogP contribution in [-0.2, 0) is 36.7 Å². The Kier molecular flexibility index (Phi) is 14.3. The summed E-state index contributed by atoms with van der Waals surface area (Å²) in [5, 5.41) is 13.6. The quantitative estimate of drug-likeness (QED) is 0.0621. The Bertz CT molecular complexity index is 2010. The molecule has 0 atom stereocenters. The number of rotatable bonds is 11. The first-order valence-corrected chi connectivity index (χ1v) is 18.6. The molecule has 0 aliphatic rings. The smallest absolute Gasteiger partial charge is 0.164 e. The van der Waals surface area contributed by atoms with Gasteiger partial charge in [-0.15, -0.1) is 29.1 Å². The van der Waals surface area contributed by atoms with E-state index in [9.17, 15) is 9.90 Å². The number of hydrogen-bond donors (Lipinski definition) is 1. The average molecular weight is 880 g/mol. The zero-order valence-electron chi connectivity index (χ0n) is 33.2. The second kappa shape index (κ2) is 17.4. The molecule has 0 saturated carbocycles. The van der Waals surface area contributed by atoms with Crippen molar-refractivity contribution >= 4 is 27.5 Å². The van der Waals surface area contributed by atoms with Crippen LogP contribution in [0.4, 0.5) is 0 Å². The number of furan rings is 1. The molecule has 5 rings (SSSR count). The van der Waals surface area contributed by atoms with Gasteiger partial charge in [-0.1, -0.05) is 105 Å². The van der Waals surface area contributed by atoms with Crippen LogP contribution in [0.15, 0.2) is 83.2 Å². The van der Waals surface area contributed by atoms with Gasteiger partial charge in [0.15, 0.2) is 11.4 Å². The number of ketones is 1. The third kappa shape index (κ3) is 9.62. The Morgan fingerprint density at radius 2 is 1.58 bits per heavy atom. The number of allylic oxidation sites excluding steroid dienone is 2. The van der Waals surface area contributed by atoms with Crippen molar-refractivity contribution in [3.05, 3.63) is 103 Å². The first-order valence-electron chi connectivity index (χ1n) is 18.6. The number of aliphatic hydroxyl groups is 1. The normalized spacial score (nSPS) is 12.5. The second-order valence-electron chi connectivity index (χ2n) is 16.0. The van der Waals surface area contributed by atoms with Crippen LogP contribution in [0.3, 0.4) is 0 Å². The van der Waals surface area contributed by atoms with E-state index in [1.54, 1.807) is 0 Å². The van der Waals surface area contributed by atoms with Gasteiger partial charge >= 0.3 is 0 Å². The van der Waals surface area contributed by atoms with Gasteiger partial charge in [-0.2, -0.15) is 0 Å². The summed E-state index contributed by atoms with van der Waals surface area (Å²) in [7, 11) is 4.25. The number of aliphatic hydroxyl groups excluding tert-OH is 1. The maximum Gasteiger partial charge on any atom is 0.164 e. The number of carbonyl (C=O) groups is 1. The van der Waals surface area contributed by atoms with Gasteiger partial charge in [-0.25, -0.2) is 0 Å². The van der Waals surface area contributed by atoms with Gasteiger partial charge in [0.05, 0.1) is 18.1 Å². The molecule has 0 aliphatic carbocycles. The topological polar surface area (TPSA) is 67.2 Å². The molecule has 5 aromatic rings. The Balaban J connectivity index is 0.000000347. The molecule has 52 heavy (non-hydrogen) atoms. The molecule has 5 nitrogen and oxygen atoms in total. The maximum atomic E-state index is 12.2. The molecule has 0 saturated heterocycles. The van der Waals surface area contributed by atoms with E-state index in [1.165, 1.54) is 17.0 Å². The maximum absolute atomic E-state index is 12.2. The van der Waals surface area contributed by atoms with Crippen molar-refractivity contribution in [1.29, 1.82) is 0 Å². The number of hydrogen-bond acceptors (Lipinski definition) is 4. The van der Waals surface area contributed by atoms with E-state index in [-0.39, 0.29) is 47.9 Å². The van der Waals surface area contributed by atoms with Crippen molar-refractivity contribution in [2.45, 2.75) is 114 Å². The number of aromatic nitrogens is 2. The van der Waals surface area contributed by atoms with Gasteiger partial charge in [-0.3, -0.25) is 9.78 Å². The molecule has 6 heteroatoms. The molecular weight excluding hydrogens is 821 g/mol. The number of fused-ring (bicyclic) bond motifs is 2. The van der Waals surface area contributed by atoms with Crippen molar-refractivity contribution in [2.24, 2.45) is 16.7 Å². The summed E-state index contributed by atoms with van der Waals surface area (Å²) in [6.07, 6.45) is 9.51. The number of pyridine rings is 2. The van der Waals surface area contributed by atoms with Crippen LogP contribution in [0.1, 0.15) is 113 Å². The zero-order chi connectivity index (χ0) is 37.7. The number of benzene rings is 2. The predicted molar refractivity (Wildman–Crippen MR) is 213 cm³/mol. The summed E-state index contributed by atoms with van der Waals surface area (Å²) >= 11 is 0. The predicted octanol–water partition coefficient (Wildman–Crippen LogP) is 12.2. The summed E-state index contributed by atoms with van der Waals surface area (Å²) in [5.41, 5.74) is 5.54. The van der Waals surface area contributed by atoms with Crippen LogP contribution in [0.25, 0.3) is 44.3 Å². The average Bonchev–Trinajstić information content (AvgIpc) is 3.51. The van der Waals surface area contributed by atoms with E-state index < -0.39 is 0 Å². The molecule has 0 aliphatic heterocycles. The summed E-state index contributed by atoms with van der Waals surface area (Å²) in [5.74, 6) is 1.84. The van der Waals surface area contributed by atoms with Gasteiger partial charge in [-0.05, 0) is 66.8 Å². The molecule has 281 valence electrons. The van der Waals surface area contributed by atoms with Crippen LogP contribution in [0.2, 0.25) is 0 Å². The van der Waals surface area contributed by atoms with E-state index in [4.69, 9.17) is 9.40 Å². The standard InChI is InChI=1S/C31H31N2O.C15H28O2.Ir/c1-20(2)13-25-15-24-17-28(32-19-30(24)34-25)22-11-12-33(6)29(18-22)23-14-21-9-7-8-10-26(21)27(16-23)31(3,4)5;1-7-14(5,8-2)12(16)11-13(17)15(6,9-3)10-4;/h7-12,15-20H,6,13H2,1-5H3;11,16H,7-10H2,1-6H3;/q-1;;/b;12-11-;. The number of nitrogens with zero attached hydrogens (tertiary/aromatic N) is 2. The Labute approximate surface area is 326 Å². The van der Waals surface area contributed by atoms with Gasteiger partial charge in [0.2, 0.25) is 0 Å². The molecule has 0 fully saturated rings. The molecule has 0 amide bonds. The van der Waals surface area contributed by atoms with Crippen LogP contribution < -0.4 is 4.57 Å². The molecular formula is C46H59IrN2O3-. The van der Waals surface area contributed by atoms with Gasteiger partial charge in [0.1, 0.15) is 17.2 Å². The second-order valence-corrected chi connectivity index (χ2v) is 16.0. The minimum atomic E-state index is -0.337. The molecule has 3 aromatic heterocycles. The first kappa shape index (κ1) is 42.7. The minimum absolute atomic E-state index is 0. The summed E-state index contributed by atoms with van der Waals surface area (Å²) < 4.78 is 7.90. The van der Waals surface area contributed by atoms with Crippen LogP contribution in [0.5, 0.6) is 0 Å². The van der Waals surface area contributed by atoms with E-state index in [1.807, 2.05) is 58.5 Å². The monoisotopic (exact) mass is 880 g/mol. The molecule has 0 bridgehead atoms. The largest absolute Gasteiger partial charge is 0.512 e. The molecule has 3 heterocycles. The molecule has 1 N–H and O–H groups in total. The van der Waals surface area contributed by atoms with Crippen molar-refractivity contribution < 1.29 is 39.0 Å². The van der Waals surface area contributed by atoms with Crippen LogP contribution in [-0.4, -0.2) is 15.9 Å². The Morgan fingerprint density at radius 3 is 2.17 bits per heavy atom. The summed E-state index contributed by atoms with van der Waals surface area (Å²) in [4.78, 5) is 16.9. The fourth-order valence-corrected chi connectivity index (χ4v) is 6.25. The number of carbonyl (C=O) groups excluding carboxylic acids is 1. The van der Waals surface area contributed by atoms with E-state index in [0.29, 0.717) is 5.92 Å². The van der Waals surface area contributed by atoms with Crippen molar-refractivity contribution in [1.82, 2.24) is 4.98 Å². The van der Waals surface area contributed by atoms with Gasteiger partial charge in [0.25, 0.3) is 0 Å². The summed E-state index contributed by atoms with van der Waals surface area (Å²) in [6, 6.07) is 22.8. The van der Waals surface area contributed by atoms with E-state index >= 15 is 0 Å². The fraction of sp³-hybridized carbons (Fsp3) is 0.435. The van der Waals surface area contributed by atoms with Crippen molar-refractivity contribution in [3.63, 3.8) is 0 Å². The van der Waals surface area contributed by atoms with Gasteiger partial charge < -0.3 is 14.1 Å². The first-order chi connectivity index (χ1) is 24.0. The van der Waals surface area contributed by atoms with Crippen molar-refractivity contribution in [2.75, 3.05) is 0 Å². The minimum Gasteiger partial charge on any atom is -0.512 e. The molecule has 2 aromatic carbocycles. The van der Waals surface area contributed by atoms with E-state index in [0.717, 1.165) is 76.7 Å². The zero-order valence-corrected chi connectivity index (χ0v) is 35.6. The Hall–Kier alpha value is -3.73. The molecule has 0 unspecified atom stereocenters. The fourth-order valence-electron chi connectivity index (χ4n) is 6.25. The SMILES string of the molecule is CCC(C)(CC)C(=O)/C=C(\O)C(C)(CC)CC.[CH2-][n+]1ccc(-c2cc3cc(CC(C)C)oc3cn2)cc1-c1[c-]c2ccccc2c(C(C)(C)C)c1.[Ir]. The van der Waals surface area contributed by atoms with Crippen molar-refractivity contribution in [3.8, 4) is 22.5 Å². The molecule has 1 radical (unpaired) electrons. The third-order valence-electron chi connectivity index (χ3n) is 10.9. The van der Waals surface area contributed by atoms with Gasteiger partial charge in [0, 0.05) is 55.9 Å². The van der Waals surface area contributed by atoms with Crippen LogP contribution in [0, 0.1) is 29.9 Å².